The van der Waals surface area contributed by atoms with Gasteiger partial charge in [-0.05, 0) is 49.4 Å². The van der Waals surface area contributed by atoms with Crippen molar-refractivity contribution in [2.75, 3.05) is 7.11 Å². The normalized spacial score (nSPS) is 12.6. The van der Waals surface area contributed by atoms with Crippen LogP contribution in [0, 0.1) is 25.7 Å². The summed E-state index contributed by atoms with van der Waals surface area (Å²) < 4.78 is 5.32. The summed E-state index contributed by atoms with van der Waals surface area (Å²) in [6, 6.07) is 3.87. The number of carbonyl (C=O) groups excluding carboxylic acids is 1. The third-order valence-electron chi connectivity index (χ3n) is 3.22. The number of ether oxygens (including phenoxy) is 1. The van der Waals surface area contributed by atoms with Crippen molar-refractivity contribution in [3.05, 3.63) is 28.8 Å². The second kappa shape index (κ2) is 6.03. The maximum absolute atomic E-state index is 12.3. The van der Waals surface area contributed by atoms with E-state index in [1.54, 1.807) is 7.11 Å². The summed E-state index contributed by atoms with van der Waals surface area (Å²) in [5.41, 5.74) is 2.86. The number of hydrogen-bond acceptors (Lipinski definition) is 2. The van der Waals surface area contributed by atoms with Gasteiger partial charge in [0.15, 0.2) is 5.78 Å². The highest BCUT2D eigenvalue weighted by Crippen LogP contribution is 2.26. The predicted molar refractivity (Wildman–Crippen MR) is 75.4 cm³/mol. The van der Waals surface area contributed by atoms with Crippen LogP contribution >= 0.6 is 0 Å². The Morgan fingerprint density at radius 1 is 1.17 bits per heavy atom. The molecule has 0 radical (unpaired) electrons. The van der Waals surface area contributed by atoms with E-state index in [4.69, 9.17) is 4.74 Å². The standard InChI is InChI=1S/C16H24O2/c1-10(2)7-11(3)15(17)14-8-12(4)16(18-6)13(5)9-14/h8-11H,7H2,1-6H3. The molecule has 1 aromatic carbocycles. The van der Waals surface area contributed by atoms with Gasteiger partial charge >= 0.3 is 0 Å². The molecule has 0 aliphatic carbocycles. The molecule has 0 bridgehead atoms. The largest absolute Gasteiger partial charge is 0.496 e. The van der Waals surface area contributed by atoms with Gasteiger partial charge in [0.25, 0.3) is 0 Å². The van der Waals surface area contributed by atoms with Gasteiger partial charge in [0.05, 0.1) is 7.11 Å². The Morgan fingerprint density at radius 2 is 1.67 bits per heavy atom. The Labute approximate surface area is 110 Å². The minimum Gasteiger partial charge on any atom is -0.496 e. The summed E-state index contributed by atoms with van der Waals surface area (Å²) >= 11 is 0. The highest BCUT2D eigenvalue weighted by atomic mass is 16.5. The first kappa shape index (κ1) is 14.7. The zero-order valence-electron chi connectivity index (χ0n) is 12.3. The van der Waals surface area contributed by atoms with E-state index in [0.717, 1.165) is 28.9 Å². The maximum Gasteiger partial charge on any atom is 0.165 e. The molecule has 1 aromatic rings. The lowest BCUT2D eigenvalue weighted by molar-refractivity contribution is 0.0915. The Balaban J connectivity index is 3.00. The summed E-state index contributed by atoms with van der Waals surface area (Å²) in [6.45, 7) is 10.3. The molecule has 0 N–H and O–H groups in total. The van der Waals surface area contributed by atoms with Gasteiger partial charge in [0.1, 0.15) is 5.75 Å². The average Bonchev–Trinajstić information content (AvgIpc) is 2.26. The molecule has 2 heteroatoms. The third-order valence-corrected chi connectivity index (χ3v) is 3.22. The van der Waals surface area contributed by atoms with E-state index in [9.17, 15) is 4.79 Å². The molecular weight excluding hydrogens is 224 g/mol. The fraction of sp³-hybridized carbons (Fsp3) is 0.562. The summed E-state index contributed by atoms with van der Waals surface area (Å²) in [4.78, 5) is 12.3. The molecule has 100 valence electrons. The minimum absolute atomic E-state index is 0.0807. The Kier molecular flexibility index (Phi) is 4.94. The van der Waals surface area contributed by atoms with Gasteiger partial charge in [-0.15, -0.1) is 0 Å². The van der Waals surface area contributed by atoms with Crippen molar-refractivity contribution in [1.29, 1.82) is 0 Å². The van der Waals surface area contributed by atoms with Crippen molar-refractivity contribution in [2.24, 2.45) is 11.8 Å². The molecule has 1 atom stereocenters. The summed E-state index contributed by atoms with van der Waals surface area (Å²) in [5.74, 6) is 1.74. The van der Waals surface area contributed by atoms with Crippen LogP contribution in [0.1, 0.15) is 48.7 Å². The quantitative estimate of drug-likeness (QED) is 0.731. The number of rotatable bonds is 5. The van der Waals surface area contributed by atoms with Crippen molar-refractivity contribution < 1.29 is 9.53 Å². The molecule has 0 amide bonds. The summed E-state index contributed by atoms with van der Waals surface area (Å²) in [7, 11) is 1.66. The Hall–Kier alpha value is -1.31. The number of hydrogen-bond donors (Lipinski definition) is 0. The SMILES string of the molecule is COc1c(C)cc(C(=O)C(C)CC(C)C)cc1C. The average molecular weight is 248 g/mol. The van der Waals surface area contributed by atoms with Crippen molar-refractivity contribution >= 4 is 5.78 Å². The van der Waals surface area contributed by atoms with Crippen molar-refractivity contribution in [2.45, 2.75) is 41.0 Å². The molecule has 0 aliphatic heterocycles. The van der Waals surface area contributed by atoms with Crippen LogP contribution in [0.5, 0.6) is 5.75 Å². The second-order valence-corrected chi connectivity index (χ2v) is 5.54. The van der Waals surface area contributed by atoms with E-state index in [1.165, 1.54) is 0 Å². The number of aryl methyl sites for hydroxylation is 2. The lowest BCUT2D eigenvalue weighted by Crippen LogP contribution is -2.14. The number of benzene rings is 1. The molecule has 2 nitrogen and oxygen atoms in total. The lowest BCUT2D eigenvalue weighted by atomic mass is 9.90. The van der Waals surface area contributed by atoms with E-state index in [2.05, 4.69) is 13.8 Å². The molecule has 1 unspecified atom stereocenters. The zero-order valence-corrected chi connectivity index (χ0v) is 12.3. The van der Waals surface area contributed by atoms with Crippen molar-refractivity contribution in [1.82, 2.24) is 0 Å². The molecule has 1 rings (SSSR count). The second-order valence-electron chi connectivity index (χ2n) is 5.54. The summed E-state index contributed by atoms with van der Waals surface area (Å²) in [5, 5.41) is 0. The minimum atomic E-state index is 0.0807. The van der Waals surface area contributed by atoms with Gasteiger partial charge in [-0.2, -0.15) is 0 Å². The molecule has 0 aliphatic rings. The highest BCUT2D eigenvalue weighted by molar-refractivity contribution is 5.98. The molecule has 0 fully saturated rings. The van der Waals surface area contributed by atoms with Crippen molar-refractivity contribution in [3.63, 3.8) is 0 Å². The maximum atomic E-state index is 12.3. The van der Waals surface area contributed by atoms with Crippen LogP contribution in [0.3, 0.4) is 0 Å². The van der Waals surface area contributed by atoms with E-state index < -0.39 is 0 Å². The van der Waals surface area contributed by atoms with E-state index in [0.29, 0.717) is 5.92 Å². The molecule has 0 saturated carbocycles. The van der Waals surface area contributed by atoms with E-state index >= 15 is 0 Å². The number of ketones is 1. The van der Waals surface area contributed by atoms with Crippen LogP contribution in [-0.2, 0) is 0 Å². The molecule has 0 spiro atoms. The van der Waals surface area contributed by atoms with Crippen LogP contribution in [0.4, 0.5) is 0 Å². The molecule has 18 heavy (non-hydrogen) atoms. The predicted octanol–water partition coefficient (Wildman–Crippen LogP) is 4.18. The number of methoxy groups -OCH3 is 1. The highest BCUT2D eigenvalue weighted by Gasteiger charge is 2.18. The smallest absolute Gasteiger partial charge is 0.165 e. The fourth-order valence-electron chi connectivity index (χ4n) is 2.51. The van der Waals surface area contributed by atoms with Crippen LogP contribution < -0.4 is 4.74 Å². The van der Waals surface area contributed by atoms with Crippen LogP contribution in [0.15, 0.2) is 12.1 Å². The fourth-order valence-corrected chi connectivity index (χ4v) is 2.51. The molecule has 0 heterocycles. The number of carbonyl (C=O) groups is 1. The number of Topliss-reactive ketones (excluding diaryl/α,β-unsaturated/α-hetero) is 1. The first-order chi connectivity index (χ1) is 8.36. The van der Waals surface area contributed by atoms with Gasteiger partial charge in [-0.3, -0.25) is 4.79 Å². The summed E-state index contributed by atoms with van der Waals surface area (Å²) in [6.07, 6.45) is 0.933. The van der Waals surface area contributed by atoms with Crippen molar-refractivity contribution in [3.8, 4) is 5.75 Å². The van der Waals surface area contributed by atoms with Gasteiger partial charge in [0, 0.05) is 11.5 Å². The lowest BCUT2D eigenvalue weighted by Gasteiger charge is -2.15. The molecular formula is C16H24O2. The van der Waals surface area contributed by atoms with E-state index in [-0.39, 0.29) is 11.7 Å². The van der Waals surface area contributed by atoms with E-state index in [1.807, 2.05) is 32.9 Å². The molecule has 0 saturated heterocycles. The monoisotopic (exact) mass is 248 g/mol. The zero-order chi connectivity index (χ0) is 13.9. The Bertz CT molecular complexity index is 410. The van der Waals surface area contributed by atoms with Gasteiger partial charge in [-0.25, -0.2) is 0 Å². The van der Waals surface area contributed by atoms with Crippen LogP contribution in [0.2, 0.25) is 0 Å². The molecule has 0 aromatic heterocycles. The first-order valence-corrected chi connectivity index (χ1v) is 6.56. The van der Waals surface area contributed by atoms with Gasteiger partial charge < -0.3 is 4.74 Å². The Morgan fingerprint density at radius 3 is 2.06 bits per heavy atom. The third kappa shape index (κ3) is 3.34. The van der Waals surface area contributed by atoms with Crippen LogP contribution in [0.25, 0.3) is 0 Å². The van der Waals surface area contributed by atoms with Gasteiger partial charge in [0.2, 0.25) is 0 Å². The van der Waals surface area contributed by atoms with Gasteiger partial charge in [-0.1, -0.05) is 20.8 Å². The van der Waals surface area contributed by atoms with Crippen LogP contribution in [-0.4, -0.2) is 12.9 Å². The topological polar surface area (TPSA) is 26.3 Å². The first-order valence-electron chi connectivity index (χ1n) is 6.56.